The smallest absolute Gasteiger partial charge is 0.335 e. The molecular formula is C11H10ClF3N2S. The SMILES string of the molecule is CC1CN=C(Nc2cc(Cl)cc(C(F)(F)F)c2)S1. The highest BCUT2D eigenvalue weighted by Gasteiger charge is 2.31. The second-order valence-corrected chi connectivity index (χ2v) is 5.79. The number of nitrogens with zero attached hydrogens (tertiary/aromatic N) is 1. The van der Waals surface area contributed by atoms with Gasteiger partial charge in [-0.1, -0.05) is 30.3 Å². The fraction of sp³-hybridized carbons (Fsp3) is 0.364. The van der Waals surface area contributed by atoms with Gasteiger partial charge in [-0.25, -0.2) is 0 Å². The van der Waals surface area contributed by atoms with E-state index in [1.165, 1.54) is 17.8 Å². The molecule has 1 aromatic rings. The van der Waals surface area contributed by atoms with Gasteiger partial charge in [-0.3, -0.25) is 4.99 Å². The third-order valence-electron chi connectivity index (χ3n) is 2.28. The van der Waals surface area contributed by atoms with Crippen molar-refractivity contribution in [3.8, 4) is 0 Å². The molecular weight excluding hydrogens is 285 g/mol. The third kappa shape index (κ3) is 3.32. The minimum atomic E-state index is -4.40. The van der Waals surface area contributed by atoms with Gasteiger partial charge in [0.05, 0.1) is 12.1 Å². The highest BCUT2D eigenvalue weighted by molar-refractivity contribution is 8.15. The van der Waals surface area contributed by atoms with Crippen molar-refractivity contribution in [2.75, 3.05) is 11.9 Å². The van der Waals surface area contributed by atoms with Crippen LogP contribution >= 0.6 is 23.4 Å². The second-order valence-electron chi connectivity index (χ2n) is 3.93. The van der Waals surface area contributed by atoms with Crippen molar-refractivity contribution in [1.82, 2.24) is 0 Å². The molecule has 0 saturated heterocycles. The van der Waals surface area contributed by atoms with E-state index in [2.05, 4.69) is 10.3 Å². The number of rotatable bonds is 1. The van der Waals surface area contributed by atoms with E-state index in [1.54, 1.807) is 0 Å². The molecule has 0 saturated carbocycles. The molecule has 0 radical (unpaired) electrons. The number of benzene rings is 1. The number of amidine groups is 1. The first kappa shape index (κ1) is 13.5. The molecule has 0 bridgehead atoms. The van der Waals surface area contributed by atoms with Gasteiger partial charge in [0.15, 0.2) is 5.17 Å². The number of nitrogens with one attached hydrogen (secondary N) is 1. The fourth-order valence-electron chi connectivity index (χ4n) is 1.49. The van der Waals surface area contributed by atoms with Gasteiger partial charge in [0.25, 0.3) is 0 Å². The van der Waals surface area contributed by atoms with Crippen LogP contribution in [-0.2, 0) is 6.18 Å². The largest absolute Gasteiger partial charge is 0.416 e. The molecule has 18 heavy (non-hydrogen) atoms. The Labute approximate surface area is 112 Å². The Balaban J connectivity index is 2.21. The van der Waals surface area contributed by atoms with Crippen LogP contribution in [0.25, 0.3) is 0 Å². The van der Waals surface area contributed by atoms with Crippen molar-refractivity contribution >= 4 is 34.2 Å². The molecule has 0 amide bonds. The Bertz CT molecular complexity index is 488. The van der Waals surface area contributed by atoms with Gasteiger partial charge < -0.3 is 5.32 Å². The number of thioether (sulfide) groups is 1. The lowest BCUT2D eigenvalue weighted by atomic mass is 10.2. The molecule has 98 valence electrons. The van der Waals surface area contributed by atoms with E-state index in [-0.39, 0.29) is 5.02 Å². The first-order valence-electron chi connectivity index (χ1n) is 5.20. The highest BCUT2D eigenvalue weighted by atomic mass is 35.5. The maximum atomic E-state index is 12.6. The van der Waals surface area contributed by atoms with Crippen molar-refractivity contribution in [1.29, 1.82) is 0 Å². The molecule has 7 heteroatoms. The summed E-state index contributed by atoms with van der Waals surface area (Å²) in [4.78, 5) is 4.18. The van der Waals surface area contributed by atoms with Crippen LogP contribution in [0.3, 0.4) is 0 Å². The van der Waals surface area contributed by atoms with Crippen LogP contribution in [0.15, 0.2) is 23.2 Å². The van der Waals surface area contributed by atoms with E-state index >= 15 is 0 Å². The first-order valence-corrected chi connectivity index (χ1v) is 6.46. The Morgan fingerprint density at radius 3 is 2.67 bits per heavy atom. The van der Waals surface area contributed by atoms with Crippen LogP contribution < -0.4 is 5.32 Å². The molecule has 1 unspecified atom stereocenters. The van der Waals surface area contributed by atoms with Crippen LogP contribution in [0.4, 0.5) is 18.9 Å². The number of anilines is 1. The van der Waals surface area contributed by atoms with Crippen molar-refractivity contribution in [3.63, 3.8) is 0 Å². The van der Waals surface area contributed by atoms with E-state index < -0.39 is 11.7 Å². The van der Waals surface area contributed by atoms with Crippen LogP contribution in [-0.4, -0.2) is 17.0 Å². The van der Waals surface area contributed by atoms with E-state index in [0.29, 0.717) is 22.6 Å². The molecule has 0 fully saturated rings. The highest BCUT2D eigenvalue weighted by Crippen LogP contribution is 2.34. The van der Waals surface area contributed by atoms with Crippen LogP contribution in [0.1, 0.15) is 12.5 Å². The zero-order valence-electron chi connectivity index (χ0n) is 9.38. The maximum Gasteiger partial charge on any atom is 0.416 e. The number of alkyl halides is 3. The molecule has 1 heterocycles. The summed E-state index contributed by atoms with van der Waals surface area (Å²) in [5.74, 6) is 0. The average molecular weight is 295 g/mol. The van der Waals surface area contributed by atoms with Gasteiger partial charge in [-0.15, -0.1) is 0 Å². The summed E-state index contributed by atoms with van der Waals surface area (Å²) >= 11 is 7.18. The van der Waals surface area contributed by atoms with Crippen molar-refractivity contribution in [3.05, 3.63) is 28.8 Å². The summed E-state index contributed by atoms with van der Waals surface area (Å²) in [5.41, 5.74) is -0.468. The predicted octanol–water partition coefficient (Wildman–Crippen LogP) is 4.26. The van der Waals surface area contributed by atoms with Gasteiger partial charge in [0.2, 0.25) is 0 Å². The number of aliphatic imine (C=N–C) groups is 1. The predicted molar refractivity (Wildman–Crippen MR) is 69.4 cm³/mol. The van der Waals surface area contributed by atoms with Crippen LogP contribution in [0, 0.1) is 0 Å². The van der Waals surface area contributed by atoms with Crippen molar-refractivity contribution in [2.45, 2.75) is 18.3 Å². The molecule has 0 aromatic heterocycles. The lowest BCUT2D eigenvalue weighted by Gasteiger charge is -2.11. The summed E-state index contributed by atoms with van der Waals surface area (Å²) in [6.07, 6.45) is -4.40. The van der Waals surface area contributed by atoms with Gasteiger partial charge in [-0.2, -0.15) is 13.2 Å². The van der Waals surface area contributed by atoms with Gasteiger partial charge in [0.1, 0.15) is 0 Å². The molecule has 1 atom stereocenters. The molecule has 2 nitrogen and oxygen atoms in total. The summed E-state index contributed by atoms with van der Waals surface area (Å²) in [5, 5.41) is 3.86. The summed E-state index contributed by atoms with van der Waals surface area (Å²) in [6, 6.07) is 3.37. The zero-order chi connectivity index (χ0) is 13.3. The topological polar surface area (TPSA) is 24.4 Å². The zero-order valence-corrected chi connectivity index (χ0v) is 11.0. The third-order valence-corrected chi connectivity index (χ3v) is 3.51. The summed E-state index contributed by atoms with van der Waals surface area (Å²) in [6.45, 7) is 2.67. The number of hydrogen-bond donors (Lipinski definition) is 1. The lowest BCUT2D eigenvalue weighted by Crippen LogP contribution is -2.09. The Hall–Kier alpha value is -0.880. The standard InChI is InChI=1S/C11H10ClF3N2S/c1-6-5-16-10(18-6)17-9-3-7(11(13,14)15)2-8(12)4-9/h2-4,6H,5H2,1H3,(H,16,17). The summed E-state index contributed by atoms with van der Waals surface area (Å²) < 4.78 is 37.8. The molecule has 1 aliphatic heterocycles. The Kier molecular flexibility index (Phi) is 3.77. The first-order chi connectivity index (χ1) is 8.34. The normalized spacial score (nSPS) is 19.8. The molecule has 1 aliphatic rings. The van der Waals surface area contributed by atoms with E-state index in [0.717, 1.165) is 12.1 Å². The second kappa shape index (κ2) is 5.01. The van der Waals surface area contributed by atoms with Gasteiger partial charge in [0, 0.05) is 16.0 Å². The average Bonchev–Trinajstić information content (AvgIpc) is 2.61. The molecule has 0 spiro atoms. The minimum absolute atomic E-state index is 0.0453. The van der Waals surface area contributed by atoms with Gasteiger partial charge >= 0.3 is 6.18 Å². The van der Waals surface area contributed by atoms with Crippen LogP contribution in [0.2, 0.25) is 5.02 Å². The molecule has 1 aromatic carbocycles. The maximum absolute atomic E-state index is 12.6. The molecule has 2 rings (SSSR count). The van der Waals surface area contributed by atoms with Gasteiger partial charge in [-0.05, 0) is 18.2 Å². The summed E-state index contributed by atoms with van der Waals surface area (Å²) in [7, 11) is 0. The number of hydrogen-bond acceptors (Lipinski definition) is 3. The fourth-order valence-corrected chi connectivity index (χ4v) is 2.59. The molecule has 0 aliphatic carbocycles. The number of halogens is 4. The van der Waals surface area contributed by atoms with Crippen molar-refractivity contribution in [2.24, 2.45) is 4.99 Å². The van der Waals surface area contributed by atoms with E-state index in [4.69, 9.17) is 11.6 Å². The lowest BCUT2D eigenvalue weighted by molar-refractivity contribution is -0.137. The monoisotopic (exact) mass is 294 g/mol. The van der Waals surface area contributed by atoms with E-state index in [1.807, 2.05) is 6.92 Å². The van der Waals surface area contributed by atoms with Crippen molar-refractivity contribution < 1.29 is 13.2 Å². The Morgan fingerprint density at radius 1 is 1.39 bits per heavy atom. The minimum Gasteiger partial charge on any atom is -0.335 e. The van der Waals surface area contributed by atoms with E-state index in [9.17, 15) is 13.2 Å². The quantitative estimate of drug-likeness (QED) is 0.837. The Morgan fingerprint density at radius 2 is 2.11 bits per heavy atom. The van der Waals surface area contributed by atoms with Crippen LogP contribution in [0.5, 0.6) is 0 Å². The molecule has 1 N–H and O–H groups in total.